The molecule has 0 saturated heterocycles. The third kappa shape index (κ3) is 4.76. The maximum absolute atomic E-state index is 12.4. The fraction of sp³-hybridized carbons (Fsp3) is 0.375. The van der Waals surface area contributed by atoms with Crippen LogP contribution in [-0.2, 0) is 14.3 Å². The minimum atomic E-state index is -1.36. The van der Waals surface area contributed by atoms with Crippen LogP contribution in [0.5, 0.6) is 0 Å². The number of aliphatic hydroxyl groups is 3. The summed E-state index contributed by atoms with van der Waals surface area (Å²) in [6, 6.07) is 12.5. The molecule has 35 heavy (non-hydrogen) atoms. The van der Waals surface area contributed by atoms with Gasteiger partial charge in [0, 0.05) is 5.39 Å². The van der Waals surface area contributed by atoms with E-state index in [4.69, 9.17) is 9.47 Å². The van der Waals surface area contributed by atoms with Gasteiger partial charge in [0.05, 0.1) is 17.2 Å². The lowest BCUT2D eigenvalue weighted by Crippen LogP contribution is -2.39. The molecule has 9 nitrogen and oxygen atoms in total. The molecule has 1 fully saturated rings. The summed E-state index contributed by atoms with van der Waals surface area (Å²) in [7, 11) is 1.87. The van der Waals surface area contributed by atoms with E-state index in [1.54, 1.807) is 0 Å². The van der Waals surface area contributed by atoms with Crippen LogP contribution in [0.25, 0.3) is 16.5 Å². The van der Waals surface area contributed by atoms with E-state index in [9.17, 15) is 20.1 Å². The minimum absolute atomic E-state index is 0.0514. The molecular formula is C24H25BN3O6S. The van der Waals surface area contributed by atoms with E-state index in [-0.39, 0.29) is 18.1 Å². The third-order valence-electron chi connectivity index (χ3n) is 6.18. The molecule has 1 aromatic heterocycles. The van der Waals surface area contributed by atoms with E-state index in [0.29, 0.717) is 16.8 Å². The summed E-state index contributed by atoms with van der Waals surface area (Å²) >= 11 is 1.18. The second-order valence-electron chi connectivity index (χ2n) is 8.59. The number of benzene rings is 2. The van der Waals surface area contributed by atoms with Gasteiger partial charge in [0.2, 0.25) is 7.28 Å². The molecule has 2 heterocycles. The van der Waals surface area contributed by atoms with Gasteiger partial charge in [-0.3, -0.25) is 9.36 Å². The van der Waals surface area contributed by atoms with Gasteiger partial charge in [0.1, 0.15) is 19.0 Å². The average molecular weight is 494 g/mol. The molecule has 0 amide bonds. The number of nitrogens with zero attached hydrogens (tertiary/aromatic N) is 3. The topological polar surface area (TPSA) is 127 Å². The zero-order chi connectivity index (χ0) is 24.5. The van der Waals surface area contributed by atoms with Crippen LogP contribution in [0.4, 0.5) is 0 Å². The minimum Gasteiger partial charge on any atom is -0.506 e. The third-order valence-corrected chi connectivity index (χ3v) is 7.09. The van der Waals surface area contributed by atoms with Crippen LogP contribution >= 0.6 is 11.8 Å². The largest absolute Gasteiger partial charge is 0.506 e. The summed E-state index contributed by atoms with van der Waals surface area (Å²) < 4.78 is 12.1. The zero-order valence-corrected chi connectivity index (χ0v) is 19.9. The van der Waals surface area contributed by atoms with E-state index >= 15 is 0 Å². The van der Waals surface area contributed by atoms with Gasteiger partial charge in [-0.05, 0) is 35.8 Å². The average Bonchev–Trinajstić information content (AvgIpc) is 3.55. The second kappa shape index (κ2) is 9.92. The zero-order valence-electron chi connectivity index (χ0n) is 19.1. The monoisotopic (exact) mass is 494 g/mol. The van der Waals surface area contributed by atoms with Gasteiger partial charge in [-0.25, -0.2) is 0 Å². The molecule has 2 aliphatic rings. The Kier molecular flexibility index (Phi) is 6.72. The smallest absolute Gasteiger partial charge is 0.316 e. The van der Waals surface area contributed by atoms with Crippen LogP contribution < -0.4 is 5.72 Å². The van der Waals surface area contributed by atoms with Crippen molar-refractivity contribution in [1.29, 1.82) is 0 Å². The normalized spacial score (nSPS) is 20.4. The van der Waals surface area contributed by atoms with Gasteiger partial charge in [-0.1, -0.05) is 48.9 Å². The summed E-state index contributed by atoms with van der Waals surface area (Å²) in [5, 5.41) is 40.7. The molecule has 1 saturated carbocycles. The Morgan fingerprint density at radius 2 is 2.03 bits per heavy atom. The van der Waals surface area contributed by atoms with Crippen molar-refractivity contribution in [3.8, 4) is 5.69 Å². The number of carbonyl (C=O) groups excluding carboxylic acids is 1. The quantitative estimate of drug-likeness (QED) is 0.232. The van der Waals surface area contributed by atoms with Gasteiger partial charge in [0.15, 0.2) is 23.1 Å². The van der Waals surface area contributed by atoms with Gasteiger partial charge >= 0.3 is 5.97 Å². The van der Waals surface area contributed by atoms with Crippen LogP contribution in [0.15, 0.2) is 53.6 Å². The number of ether oxygens (including phenoxy) is 2. The number of thioether (sulfide) groups is 1. The van der Waals surface area contributed by atoms with Gasteiger partial charge in [0.25, 0.3) is 0 Å². The number of carbonyl (C=O) groups is 1. The molecule has 3 atom stereocenters. The Morgan fingerprint density at radius 1 is 1.26 bits per heavy atom. The van der Waals surface area contributed by atoms with Crippen LogP contribution in [0.3, 0.4) is 0 Å². The first kappa shape index (κ1) is 23.7. The lowest BCUT2D eigenvalue weighted by atomic mass is 9.81. The Hall–Kier alpha value is -3.02. The van der Waals surface area contributed by atoms with Crippen molar-refractivity contribution in [3.05, 3.63) is 54.0 Å². The fourth-order valence-corrected chi connectivity index (χ4v) is 4.99. The first-order valence-electron chi connectivity index (χ1n) is 11.4. The summed E-state index contributed by atoms with van der Waals surface area (Å²) in [4.78, 5) is 12.4. The SMILES string of the molecule is C[B]c1nnc(SCC(=O)OCC(O)C2OC=C(O)C2O)n1-c1ccc(C2CC2)c2ccccc12. The van der Waals surface area contributed by atoms with E-state index in [1.807, 2.05) is 30.8 Å². The second-order valence-corrected chi connectivity index (χ2v) is 9.53. The molecule has 1 aliphatic carbocycles. The maximum Gasteiger partial charge on any atom is 0.316 e. The highest BCUT2D eigenvalue weighted by molar-refractivity contribution is 7.99. The van der Waals surface area contributed by atoms with Crippen LogP contribution in [-0.4, -0.2) is 74.0 Å². The van der Waals surface area contributed by atoms with Crippen molar-refractivity contribution < 1.29 is 29.6 Å². The van der Waals surface area contributed by atoms with Crippen LogP contribution in [0.1, 0.15) is 24.3 Å². The van der Waals surface area contributed by atoms with E-state index in [0.717, 1.165) is 17.3 Å². The van der Waals surface area contributed by atoms with Gasteiger partial charge in [-0.2, -0.15) is 0 Å². The summed E-state index contributed by atoms with van der Waals surface area (Å²) in [6.07, 6.45) is -0.348. The van der Waals surface area contributed by atoms with Crippen molar-refractivity contribution >= 4 is 41.5 Å². The van der Waals surface area contributed by atoms with E-state index < -0.39 is 24.3 Å². The fourth-order valence-electron chi connectivity index (χ4n) is 4.24. The standard InChI is InChI=1S/C24H25BN3O6S/c1-25-23-26-27-24(35-12-20(31)33-11-19(30)22-21(32)18(29)10-34-22)28(23)17-9-8-14(13-6-7-13)15-4-2-3-5-16(15)17/h2-5,8-10,13,19,21-22,29-30,32H,6-7,11-12H2,1H3. The van der Waals surface area contributed by atoms with Gasteiger partial charge < -0.3 is 24.8 Å². The lowest BCUT2D eigenvalue weighted by Gasteiger charge is -2.20. The lowest BCUT2D eigenvalue weighted by molar-refractivity contribution is -0.147. The molecule has 3 aromatic rings. The molecule has 2 aromatic carbocycles. The number of rotatable bonds is 9. The van der Waals surface area contributed by atoms with Crippen LogP contribution in [0, 0.1) is 0 Å². The number of hydrogen-bond donors (Lipinski definition) is 3. The molecule has 3 N–H and O–H groups in total. The number of hydrogen-bond acceptors (Lipinski definition) is 9. The van der Waals surface area contributed by atoms with E-state index in [2.05, 4.69) is 34.5 Å². The maximum atomic E-state index is 12.4. The Morgan fingerprint density at radius 3 is 2.71 bits per heavy atom. The number of aromatic nitrogens is 3. The Balaban J connectivity index is 1.30. The van der Waals surface area contributed by atoms with Crippen molar-refractivity contribution in [1.82, 2.24) is 14.8 Å². The van der Waals surface area contributed by atoms with E-state index in [1.165, 1.54) is 35.6 Å². The van der Waals surface area contributed by atoms with Crippen molar-refractivity contribution in [2.75, 3.05) is 12.4 Å². The highest BCUT2D eigenvalue weighted by Crippen LogP contribution is 2.44. The number of esters is 1. The summed E-state index contributed by atoms with van der Waals surface area (Å²) in [6.45, 7) is 1.51. The molecular weight excluding hydrogens is 469 g/mol. The molecule has 11 heteroatoms. The van der Waals surface area contributed by atoms with Crippen LogP contribution in [0.2, 0.25) is 6.82 Å². The number of aliphatic hydroxyl groups excluding tert-OH is 3. The van der Waals surface area contributed by atoms with Crippen molar-refractivity contribution in [2.24, 2.45) is 0 Å². The first-order chi connectivity index (χ1) is 17.0. The molecule has 0 spiro atoms. The first-order valence-corrected chi connectivity index (χ1v) is 12.4. The molecule has 1 radical (unpaired) electrons. The van der Waals surface area contributed by atoms with Gasteiger partial charge in [-0.15, -0.1) is 10.2 Å². The summed E-state index contributed by atoms with van der Waals surface area (Å²) in [5.41, 5.74) is 2.96. The molecule has 181 valence electrons. The molecule has 3 unspecified atom stereocenters. The highest BCUT2D eigenvalue weighted by atomic mass is 32.2. The Bertz CT molecular complexity index is 1280. The highest BCUT2D eigenvalue weighted by Gasteiger charge is 2.36. The predicted octanol–water partition coefficient (Wildman–Crippen LogP) is 1.83. The molecule has 1 aliphatic heterocycles. The molecule has 5 rings (SSSR count). The van der Waals surface area contributed by atoms with Crippen molar-refractivity contribution in [3.63, 3.8) is 0 Å². The van der Waals surface area contributed by atoms with Crippen molar-refractivity contribution in [2.45, 2.75) is 49.1 Å². The predicted molar refractivity (Wildman–Crippen MR) is 131 cm³/mol. The Labute approximate surface area is 207 Å². The number of fused-ring (bicyclic) bond motifs is 1. The summed E-state index contributed by atoms with van der Waals surface area (Å²) in [5.74, 6) is -0.383. The molecule has 0 bridgehead atoms.